The van der Waals surface area contributed by atoms with E-state index in [9.17, 15) is 4.79 Å². The minimum atomic E-state index is 0.211. The van der Waals surface area contributed by atoms with Crippen LogP contribution in [0.1, 0.15) is 28.4 Å². The molecule has 3 heteroatoms. The molecule has 0 heterocycles. The fourth-order valence-electron chi connectivity index (χ4n) is 1.96. The number of thioether (sulfide) groups is 1. The predicted octanol–water partition coefficient (Wildman–Crippen LogP) is 3.17. The van der Waals surface area contributed by atoms with Crippen LogP contribution in [0.3, 0.4) is 0 Å². The number of aryl methyl sites for hydroxylation is 2. The zero-order valence-corrected chi connectivity index (χ0v) is 12.8. The van der Waals surface area contributed by atoms with Gasteiger partial charge in [0.15, 0.2) is 5.78 Å². The van der Waals surface area contributed by atoms with Crippen LogP contribution in [-0.2, 0) is 0 Å². The van der Waals surface area contributed by atoms with Gasteiger partial charge in [-0.2, -0.15) is 11.8 Å². The van der Waals surface area contributed by atoms with Gasteiger partial charge in [0.05, 0.1) is 6.54 Å². The third kappa shape index (κ3) is 4.14. The number of rotatable bonds is 6. The Morgan fingerprint density at radius 2 is 2.06 bits per heavy atom. The summed E-state index contributed by atoms with van der Waals surface area (Å²) in [5.41, 5.74) is 3.13. The molecule has 0 aliphatic rings. The highest BCUT2D eigenvalue weighted by Gasteiger charge is 2.15. The lowest BCUT2D eigenvalue weighted by Gasteiger charge is -2.23. The van der Waals surface area contributed by atoms with Crippen molar-refractivity contribution in [1.29, 1.82) is 0 Å². The van der Waals surface area contributed by atoms with Crippen LogP contribution in [0.15, 0.2) is 18.2 Å². The molecule has 18 heavy (non-hydrogen) atoms. The van der Waals surface area contributed by atoms with Crippen molar-refractivity contribution < 1.29 is 4.79 Å². The first-order chi connectivity index (χ1) is 8.45. The van der Waals surface area contributed by atoms with Crippen LogP contribution in [0.2, 0.25) is 0 Å². The molecule has 0 aromatic heterocycles. The van der Waals surface area contributed by atoms with E-state index in [-0.39, 0.29) is 5.78 Å². The summed E-state index contributed by atoms with van der Waals surface area (Å²) in [5.74, 6) is 1.26. The molecule has 0 bridgehead atoms. The molecule has 1 rings (SSSR count). The summed E-state index contributed by atoms with van der Waals surface area (Å²) in [7, 11) is 2.02. The Morgan fingerprint density at radius 1 is 1.39 bits per heavy atom. The molecule has 2 nitrogen and oxygen atoms in total. The Balaban J connectivity index is 2.70. The van der Waals surface area contributed by atoms with Crippen LogP contribution in [0, 0.1) is 13.8 Å². The third-order valence-electron chi connectivity index (χ3n) is 3.24. The maximum absolute atomic E-state index is 12.2. The zero-order valence-electron chi connectivity index (χ0n) is 12.0. The number of hydrogen-bond acceptors (Lipinski definition) is 3. The van der Waals surface area contributed by atoms with Crippen molar-refractivity contribution in [2.75, 3.05) is 25.6 Å². The molecule has 1 unspecified atom stereocenters. The number of hydrogen-bond donors (Lipinski definition) is 0. The van der Waals surface area contributed by atoms with Gasteiger partial charge in [0.1, 0.15) is 0 Å². The number of carbonyl (C=O) groups is 1. The van der Waals surface area contributed by atoms with Crippen LogP contribution < -0.4 is 0 Å². The van der Waals surface area contributed by atoms with Gasteiger partial charge in [-0.05, 0) is 39.6 Å². The molecular weight excluding hydrogens is 242 g/mol. The van der Waals surface area contributed by atoms with Gasteiger partial charge in [-0.25, -0.2) is 0 Å². The highest BCUT2D eigenvalue weighted by Crippen LogP contribution is 2.12. The van der Waals surface area contributed by atoms with Crippen molar-refractivity contribution in [1.82, 2.24) is 4.90 Å². The SMILES string of the molecule is CSCC(C)N(C)CC(=O)c1ccc(C)cc1C. The summed E-state index contributed by atoms with van der Waals surface area (Å²) in [6.45, 7) is 6.71. The Labute approximate surface area is 115 Å². The average molecular weight is 265 g/mol. The van der Waals surface area contributed by atoms with Gasteiger partial charge in [0.2, 0.25) is 0 Å². The number of nitrogens with zero attached hydrogens (tertiary/aromatic N) is 1. The molecule has 0 aliphatic heterocycles. The van der Waals surface area contributed by atoms with Gasteiger partial charge in [0.25, 0.3) is 0 Å². The molecular formula is C15H23NOS. The van der Waals surface area contributed by atoms with Crippen LogP contribution in [-0.4, -0.2) is 42.3 Å². The summed E-state index contributed by atoms with van der Waals surface area (Å²) < 4.78 is 0. The van der Waals surface area contributed by atoms with E-state index >= 15 is 0 Å². The Kier molecular flexibility index (Phi) is 5.89. The second-order valence-electron chi connectivity index (χ2n) is 4.96. The van der Waals surface area contributed by atoms with Crippen LogP contribution in [0.4, 0.5) is 0 Å². The minimum absolute atomic E-state index is 0.211. The van der Waals surface area contributed by atoms with E-state index in [0.29, 0.717) is 12.6 Å². The van der Waals surface area contributed by atoms with Gasteiger partial charge in [-0.1, -0.05) is 23.8 Å². The third-order valence-corrected chi connectivity index (χ3v) is 4.05. The molecule has 0 N–H and O–H groups in total. The Hall–Kier alpha value is -0.800. The van der Waals surface area contributed by atoms with E-state index < -0.39 is 0 Å². The number of benzene rings is 1. The monoisotopic (exact) mass is 265 g/mol. The van der Waals surface area contributed by atoms with Crippen molar-refractivity contribution >= 4 is 17.5 Å². The highest BCUT2D eigenvalue weighted by molar-refractivity contribution is 7.98. The van der Waals surface area contributed by atoms with Crippen molar-refractivity contribution in [2.45, 2.75) is 26.8 Å². The normalized spacial score (nSPS) is 12.8. The standard InChI is InChI=1S/C15H23NOS/c1-11-6-7-14(12(2)8-11)15(17)9-16(4)13(3)10-18-5/h6-8,13H,9-10H2,1-5H3. The lowest BCUT2D eigenvalue weighted by Crippen LogP contribution is -2.35. The number of Topliss-reactive ketones (excluding diaryl/α,β-unsaturated/α-hetero) is 1. The van der Waals surface area contributed by atoms with Gasteiger partial charge >= 0.3 is 0 Å². The molecule has 1 aromatic carbocycles. The fourth-order valence-corrected chi connectivity index (χ4v) is 2.70. The van der Waals surface area contributed by atoms with Crippen LogP contribution in [0.5, 0.6) is 0 Å². The molecule has 0 fully saturated rings. The van der Waals surface area contributed by atoms with E-state index in [4.69, 9.17) is 0 Å². The first-order valence-electron chi connectivity index (χ1n) is 6.25. The second-order valence-corrected chi connectivity index (χ2v) is 5.87. The van der Waals surface area contributed by atoms with E-state index in [1.165, 1.54) is 5.56 Å². The van der Waals surface area contributed by atoms with Crippen LogP contribution >= 0.6 is 11.8 Å². The lowest BCUT2D eigenvalue weighted by molar-refractivity contribution is 0.0930. The molecule has 1 aromatic rings. The zero-order chi connectivity index (χ0) is 13.7. The number of carbonyl (C=O) groups excluding carboxylic acids is 1. The predicted molar refractivity (Wildman–Crippen MR) is 80.7 cm³/mol. The Morgan fingerprint density at radius 3 is 2.61 bits per heavy atom. The first kappa shape index (κ1) is 15.3. The summed E-state index contributed by atoms with van der Waals surface area (Å²) in [4.78, 5) is 14.4. The summed E-state index contributed by atoms with van der Waals surface area (Å²) >= 11 is 1.81. The van der Waals surface area contributed by atoms with E-state index in [0.717, 1.165) is 16.9 Å². The highest BCUT2D eigenvalue weighted by atomic mass is 32.2. The van der Waals surface area contributed by atoms with Crippen molar-refractivity contribution in [3.63, 3.8) is 0 Å². The van der Waals surface area contributed by atoms with Crippen molar-refractivity contribution in [3.05, 3.63) is 34.9 Å². The lowest BCUT2D eigenvalue weighted by atomic mass is 10.0. The number of likely N-dealkylation sites (N-methyl/N-ethyl adjacent to an activating group) is 1. The van der Waals surface area contributed by atoms with Gasteiger partial charge < -0.3 is 0 Å². The molecule has 0 spiro atoms. The van der Waals surface area contributed by atoms with E-state index in [1.54, 1.807) is 0 Å². The molecule has 0 saturated carbocycles. The summed E-state index contributed by atoms with van der Waals surface area (Å²) in [6.07, 6.45) is 2.09. The molecule has 0 amide bonds. The summed E-state index contributed by atoms with van der Waals surface area (Å²) in [6, 6.07) is 6.44. The topological polar surface area (TPSA) is 20.3 Å². The fraction of sp³-hybridized carbons (Fsp3) is 0.533. The molecule has 0 saturated heterocycles. The van der Waals surface area contributed by atoms with Crippen molar-refractivity contribution in [2.24, 2.45) is 0 Å². The minimum Gasteiger partial charge on any atom is -0.295 e. The largest absolute Gasteiger partial charge is 0.295 e. The van der Waals surface area contributed by atoms with E-state index in [2.05, 4.69) is 24.1 Å². The van der Waals surface area contributed by atoms with Gasteiger partial charge in [-0.3, -0.25) is 9.69 Å². The molecule has 100 valence electrons. The van der Waals surface area contributed by atoms with Crippen molar-refractivity contribution in [3.8, 4) is 0 Å². The maximum atomic E-state index is 12.2. The first-order valence-corrected chi connectivity index (χ1v) is 7.64. The Bertz CT molecular complexity index is 417. The molecule has 0 radical (unpaired) electrons. The average Bonchev–Trinajstić information content (AvgIpc) is 2.28. The summed E-state index contributed by atoms with van der Waals surface area (Å²) in [5, 5.41) is 0. The van der Waals surface area contributed by atoms with Gasteiger partial charge in [-0.15, -0.1) is 0 Å². The smallest absolute Gasteiger partial charge is 0.177 e. The maximum Gasteiger partial charge on any atom is 0.177 e. The quantitative estimate of drug-likeness (QED) is 0.737. The van der Waals surface area contributed by atoms with E-state index in [1.807, 2.05) is 44.8 Å². The molecule has 1 atom stereocenters. The molecule has 0 aliphatic carbocycles. The van der Waals surface area contributed by atoms with Gasteiger partial charge in [0, 0.05) is 17.4 Å². The number of ketones is 1. The van der Waals surface area contributed by atoms with Crippen LogP contribution in [0.25, 0.3) is 0 Å². The second kappa shape index (κ2) is 6.95.